The van der Waals surface area contributed by atoms with Crippen LogP contribution >= 0.6 is 0 Å². The second-order valence-corrected chi connectivity index (χ2v) is 13.5. The third kappa shape index (κ3) is 7.24. The summed E-state index contributed by atoms with van der Waals surface area (Å²) in [6.07, 6.45) is 0. The van der Waals surface area contributed by atoms with Gasteiger partial charge in [0, 0.05) is 34.0 Å². The van der Waals surface area contributed by atoms with Gasteiger partial charge in [-0.05, 0) is 106 Å². The van der Waals surface area contributed by atoms with Crippen LogP contribution in [0.15, 0.2) is 243 Å². The number of rotatable bonds is 10. The molecule has 0 aromatic heterocycles. The highest BCUT2D eigenvalue weighted by Crippen LogP contribution is 2.42. The summed E-state index contributed by atoms with van der Waals surface area (Å²) in [4.78, 5) is 4.37. The van der Waals surface area contributed by atoms with Crippen molar-refractivity contribution in [1.29, 1.82) is 0 Å². The molecule has 9 rings (SSSR count). The van der Waals surface area contributed by atoms with Crippen LogP contribution in [0.2, 0.25) is 0 Å². The molecule has 0 unspecified atom stereocenters. The largest absolute Gasteiger partial charge is 0.311 e. The van der Waals surface area contributed by atoms with Gasteiger partial charge in [0.25, 0.3) is 0 Å². The highest BCUT2D eigenvalue weighted by molar-refractivity contribution is 5.89. The number of para-hydroxylation sites is 3. The van der Waals surface area contributed by atoms with Gasteiger partial charge >= 0.3 is 0 Å². The van der Waals surface area contributed by atoms with Crippen molar-refractivity contribution in [3.05, 3.63) is 243 Å². The number of hydrogen-bond donors (Lipinski definition) is 0. The summed E-state index contributed by atoms with van der Waals surface area (Å²) < 4.78 is 36.8. The fourth-order valence-electron chi connectivity index (χ4n) is 7.15. The van der Waals surface area contributed by atoms with Crippen LogP contribution in [0.1, 0.15) is 5.48 Å². The Kier molecular flexibility index (Phi) is 8.51. The molecule has 0 aliphatic heterocycles. The molecule has 0 spiro atoms. The Bertz CT molecular complexity index is 2800. The molecule has 0 bridgehead atoms. The molecule has 0 atom stereocenters. The Balaban J connectivity index is 1.08. The van der Waals surface area contributed by atoms with Crippen molar-refractivity contribution in [2.75, 3.05) is 9.80 Å². The molecule has 2 heteroatoms. The number of anilines is 6. The average molecular weight is 721 g/mol. The molecular weight excluding hydrogens is 677 g/mol. The van der Waals surface area contributed by atoms with Crippen LogP contribution in [-0.2, 0) is 0 Å². The van der Waals surface area contributed by atoms with Crippen molar-refractivity contribution < 1.29 is 5.48 Å². The first-order valence-electron chi connectivity index (χ1n) is 20.8. The van der Waals surface area contributed by atoms with Crippen LogP contribution in [-0.4, -0.2) is 0 Å². The Hall–Kier alpha value is -7.42. The zero-order valence-electron chi connectivity index (χ0n) is 34.7. The maximum Gasteiger partial charge on any atom is 0.0629 e. The molecule has 56 heavy (non-hydrogen) atoms. The fraction of sp³-hybridized carbons (Fsp3) is 0. The van der Waals surface area contributed by atoms with Crippen molar-refractivity contribution >= 4 is 34.1 Å². The van der Waals surface area contributed by atoms with E-state index in [1.807, 2.05) is 127 Å². The zero-order valence-corrected chi connectivity index (χ0v) is 30.7. The minimum Gasteiger partial charge on any atom is -0.311 e. The maximum atomic E-state index is 9.21. The topological polar surface area (TPSA) is 6.48 Å². The SMILES string of the molecule is [2H]c1c([2H])c(-c2ccc(N(c3ccc(-c4ccccc4)cc3)c3ccccc3-c3ccccc3)cc2)c([2H])c([2H])c1-c1ccc(N(c2ccccc2)c2ccccc2)cc1. The summed E-state index contributed by atoms with van der Waals surface area (Å²) in [5.74, 6) is 0. The van der Waals surface area contributed by atoms with Crippen molar-refractivity contribution in [3.63, 3.8) is 0 Å². The lowest BCUT2D eigenvalue weighted by atomic mass is 9.99. The van der Waals surface area contributed by atoms with E-state index in [2.05, 4.69) is 101 Å². The first kappa shape index (κ1) is 30.0. The van der Waals surface area contributed by atoms with Crippen LogP contribution in [0.4, 0.5) is 34.1 Å². The standard InChI is InChI=1S/C54H40N2/c1-5-15-41(16-6-1)44-31-37-51(38-32-44)56(54-24-14-13-23-53(54)47-17-7-2-8-18-47)52-39-33-46(34-40-52)43-27-25-42(26-28-43)45-29-35-50(36-30-45)55(48-19-9-3-10-20-48)49-21-11-4-12-22-49/h1-40H/i25D,26D,27D,28D. The lowest BCUT2D eigenvalue weighted by molar-refractivity contribution is 1.28. The molecule has 0 amide bonds. The van der Waals surface area contributed by atoms with E-state index in [0.29, 0.717) is 11.1 Å². The van der Waals surface area contributed by atoms with Crippen molar-refractivity contribution in [1.82, 2.24) is 0 Å². The minimum absolute atomic E-state index is 0.0808. The van der Waals surface area contributed by atoms with Gasteiger partial charge in [0.05, 0.1) is 11.2 Å². The predicted octanol–water partition coefficient (Wildman–Crippen LogP) is 15.3. The van der Waals surface area contributed by atoms with E-state index in [-0.39, 0.29) is 35.3 Å². The summed E-state index contributed by atoms with van der Waals surface area (Å²) in [5.41, 5.74) is 12.0. The van der Waals surface area contributed by atoms with E-state index in [0.717, 1.165) is 56.4 Å². The van der Waals surface area contributed by atoms with E-state index in [1.165, 1.54) is 0 Å². The molecule has 0 radical (unpaired) electrons. The normalized spacial score (nSPS) is 11.9. The number of hydrogen-bond acceptors (Lipinski definition) is 2. The third-order valence-electron chi connectivity index (χ3n) is 9.94. The second kappa shape index (κ2) is 15.9. The summed E-state index contributed by atoms with van der Waals surface area (Å²) in [7, 11) is 0. The molecule has 9 aromatic carbocycles. The highest BCUT2D eigenvalue weighted by atomic mass is 15.1. The van der Waals surface area contributed by atoms with Gasteiger partial charge in [-0.2, -0.15) is 0 Å². The van der Waals surface area contributed by atoms with E-state index >= 15 is 0 Å². The molecule has 0 saturated heterocycles. The van der Waals surface area contributed by atoms with Gasteiger partial charge in [-0.3, -0.25) is 0 Å². The summed E-state index contributed by atoms with van der Waals surface area (Å²) in [5, 5.41) is 0. The Morgan fingerprint density at radius 1 is 0.232 bits per heavy atom. The maximum absolute atomic E-state index is 9.21. The Morgan fingerprint density at radius 3 is 0.982 bits per heavy atom. The van der Waals surface area contributed by atoms with Crippen LogP contribution < -0.4 is 9.80 Å². The predicted molar refractivity (Wildman–Crippen MR) is 238 cm³/mol. The smallest absolute Gasteiger partial charge is 0.0629 e. The van der Waals surface area contributed by atoms with Crippen molar-refractivity contribution in [3.8, 4) is 44.5 Å². The van der Waals surface area contributed by atoms with Crippen LogP contribution in [0, 0.1) is 0 Å². The van der Waals surface area contributed by atoms with Gasteiger partial charge in [-0.1, -0.05) is 176 Å². The fourth-order valence-corrected chi connectivity index (χ4v) is 7.15. The van der Waals surface area contributed by atoms with Gasteiger partial charge in [-0.15, -0.1) is 0 Å². The highest BCUT2D eigenvalue weighted by Gasteiger charge is 2.18. The molecule has 9 aromatic rings. The molecule has 2 nitrogen and oxygen atoms in total. The monoisotopic (exact) mass is 720 g/mol. The first-order chi connectivity index (χ1) is 29.5. The Labute approximate surface area is 335 Å². The molecule has 0 fully saturated rings. The van der Waals surface area contributed by atoms with Gasteiger partial charge in [-0.25, -0.2) is 0 Å². The lowest BCUT2D eigenvalue weighted by Gasteiger charge is -2.28. The molecule has 0 N–H and O–H groups in total. The number of nitrogens with zero attached hydrogens (tertiary/aromatic N) is 2. The van der Waals surface area contributed by atoms with E-state index < -0.39 is 0 Å². The van der Waals surface area contributed by atoms with Crippen LogP contribution in [0.5, 0.6) is 0 Å². The first-order valence-corrected chi connectivity index (χ1v) is 18.8. The van der Waals surface area contributed by atoms with Crippen molar-refractivity contribution in [2.24, 2.45) is 0 Å². The van der Waals surface area contributed by atoms with Crippen LogP contribution in [0.25, 0.3) is 44.5 Å². The van der Waals surface area contributed by atoms with Gasteiger partial charge in [0.2, 0.25) is 0 Å². The summed E-state index contributed by atoms with van der Waals surface area (Å²) in [6, 6.07) is 72.9. The quantitative estimate of drug-likeness (QED) is 0.139. The molecule has 0 aliphatic carbocycles. The van der Waals surface area contributed by atoms with Gasteiger partial charge < -0.3 is 9.80 Å². The molecule has 0 aliphatic rings. The lowest BCUT2D eigenvalue weighted by Crippen LogP contribution is -2.11. The van der Waals surface area contributed by atoms with Gasteiger partial charge in [0.15, 0.2) is 0 Å². The molecule has 266 valence electrons. The van der Waals surface area contributed by atoms with Crippen LogP contribution in [0.3, 0.4) is 0 Å². The van der Waals surface area contributed by atoms with Crippen molar-refractivity contribution in [2.45, 2.75) is 0 Å². The van der Waals surface area contributed by atoms with E-state index in [9.17, 15) is 5.48 Å². The molecule has 0 saturated carbocycles. The zero-order chi connectivity index (χ0) is 41.0. The summed E-state index contributed by atoms with van der Waals surface area (Å²) >= 11 is 0. The average Bonchev–Trinajstić information content (AvgIpc) is 3.31. The third-order valence-corrected chi connectivity index (χ3v) is 9.94. The minimum atomic E-state index is -0.0826. The summed E-state index contributed by atoms with van der Waals surface area (Å²) in [6.45, 7) is 0. The molecular formula is C54H40N2. The Morgan fingerprint density at radius 2 is 0.536 bits per heavy atom. The molecule has 0 heterocycles. The second-order valence-electron chi connectivity index (χ2n) is 13.5. The number of benzene rings is 9. The van der Waals surface area contributed by atoms with E-state index in [1.54, 1.807) is 0 Å². The van der Waals surface area contributed by atoms with Gasteiger partial charge in [0.1, 0.15) is 0 Å². The van der Waals surface area contributed by atoms with E-state index in [4.69, 9.17) is 0 Å².